The molecular weight excluding hydrogens is 322 g/mol. The van der Waals surface area contributed by atoms with Crippen LogP contribution in [0.5, 0.6) is 5.75 Å². The zero-order valence-electron chi connectivity index (χ0n) is 12.5. The third-order valence-electron chi connectivity index (χ3n) is 2.82. The van der Waals surface area contributed by atoms with E-state index in [1.807, 2.05) is 24.6 Å². The van der Waals surface area contributed by atoms with E-state index in [0.29, 0.717) is 23.3 Å². The number of nitrogens with zero attached hydrogens (tertiary/aromatic N) is 2. The maximum absolute atomic E-state index is 11.0. The van der Waals surface area contributed by atoms with Crippen molar-refractivity contribution in [3.63, 3.8) is 0 Å². The highest BCUT2D eigenvalue weighted by atomic mass is 35.5. The van der Waals surface area contributed by atoms with Gasteiger partial charge in [-0.05, 0) is 31.3 Å². The smallest absolute Gasteiger partial charge is 0.223 e. The highest BCUT2D eigenvalue weighted by molar-refractivity contribution is 7.13. The molecule has 2 rings (SSSR count). The van der Waals surface area contributed by atoms with Gasteiger partial charge in [0.2, 0.25) is 5.91 Å². The minimum absolute atomic E-state index is 0.106. The van der Waals surface area contributed by atoms with Gasteiger partial charge in [0.05, 0.1) is 5.69 Å². The summed E-state index contributed by atoms with van der Waals surface area (Å²) in [5, 5.41) is 5.96. The molecule has 1 aromatic heterocycles. The summed E-state index contributed by atoms with van der Waals surface area (Å²) in [6.45, 7) is 3.54. The Morgan fingerprint density at radius 3 is 2.82 bits per heavy atom. The van der Waals surface area contributed by atoms with Crippen LogP contribution in [0.25, 0.3) is 0 Å². The molecule has 1 amide bonds. The van der Waals surface area contributed by atoms with Crippen LogP contribution in [-0.2, 0) is 11.3 Å². The highest BCUT2D eigenvalue weighted by Gasteiger charge is 2.06. The summed E-state index contributed by atoms with van der Waals surface area (Å²) in [6.07, 6.45) is 0. The average Bonchev–Trinajstić information content (AvgIpc) is 2.87. The Kier molecular flexibility index (Phi) is 6.18. The molecule has 1 N–H and O–H groups in total. The lowest BCUT2D eigenvalue weighted by Gasteiger charge is -2.15. The standard InChI is InChI=1S/C15H18ClN3O2S/c1-11(20)17-15-18-13(10-22-15)9-19(2)7-8-21-14-5-3-12(16)4-6-14/h3-6,10H,7-9H2,1-2H3,(H,17,18,20). The number of halogens is 1. The molecule has 1 aromatic carbocycles. The molecule has 0 spiro atoms. The summed E-state index contributed by atoms with van der Waals surface area (Å²) in [7, 11) is 2.00. The third-order valence-corrected chi connectivity index (χ3v) is 3.88. The van der Waals surface area contributed by atoms with Crippen molar-refractivity contribution in [2.45, 2.75) is 13.5 Å². The number of rotatable bonds is 7. The SMILES string of the molecule is CC(=O)Nc1nc(CN(C)CCOc2ccc(Cl)cc2)cs1. The van der Waals surface area contributed by atoms with Gasteiger partial charge in [0.15, 0.2) is 5.13 Å². The van der Waals surface area contributed by atoms with Crippen molar-refractivity contribution in [2.75, 3.05) is 25.5 Å². The highest BCUT2D eigenvalue weighted by Crippen LogP contribution is 2.17. The lowest BCUT2D eigenvalue weighted by Crippen LogP contribution is -2.24. The number of likely N-dealkylation sites (N-methyl/N-ethyl adjacent to an activating group) is 1. The number of thiazole rings is 1. The molecule has 22 heavy (non-hydrogen) atoms. The normalized spacial score (nSPS) is 10.7. The first kappa shape index (κ1) is 16.7. The summed E-state index contributed by atoms with van der Waals surface area (Å²) in [4.78, 5) is 17.4. The molecule has 2 aromatic rings. The molecule has 0 saturated carbocycles. The maximum Gasteiger partial charge on any atom is 0.223 e. The number of carbonyl (C=O) groups excluding carboxylic acids is 1. The molecule has 0 aliphatic carbocycles. The Morgan fingerprint density at radius 2 is 2.14 bits per heavy atom. The minimum atomic E-state index is -0.106. The molecule has 0 bridgehead atoms. The first-order valence-electron chi connectivity index (χ1n) is 6.82. The van der Waals surface area contributed by atoms with E-state index >= 15 is 0 Å². The number of ether oxygens (including phenoxy) is 1. The maximum atomic E-state index is 11.0. The van der Waals surface area contributed by atoms with Crippen LogP contribution in [-0.4, -0.2) is 36.0 Å². The second-order valence-electron chi connectivity index (χ2n) is 4.87. The van der Waals surface area contributed by atoms with Crippen molar-refractivity contribution >= 4 is 34.0 Å². The van der Waals surface area contributed by atoms with Gasteiger partial charge in [-0.3, -0.25) is 9.69 Å². The van der Waals surface area contributed by atoms with E-state index < -0.39 is 0 Å². The molecule has 0 radical (unpaired) electrons. The van der Waals surface area contributed by atoms with E-state index in [1.54, 1.807) is 12.1 Å². The molecular formula is C15H18ClN3O2S. The van der Waals surface area contributed by atoms with E-state index in [0.717, 1.165) is 18.0 Å². The van der Waals surface area contributed by atoms with Crippen LogP contribution in [0.2, 0.25) is 5.02 Å². The summed E-state index contributed by atoms with van der Waals surface area (Å²) in [5.41, 5.74) is 0.933. The van der Waals surface area contributed by atoms with Gasteiger partial charge in [0, 0.05) is 30.4 Å². The zero-order valence-corrected chi connectivity index (χ0v) is 14.1. The molecule has 0 atom stereocenters. The van der Waals surface area contributed by atoms with Crippen molar-refractivity contribution in [3.05, 3.63) is 40.4 Å². The predicted octanol–water partition coefficient (Wildman–Crippen LogP) is 3.27. The first-order valence-corrected chi connectivity index (χ1v) is 8.07. The Bertz CT molecular complexity index is 616. The fraction of sp³-hybridized carbons (Fsp3) is 0.333. The van der Waals surface area contributed by atoms with Crippen LogP contribution in [0.3, 0.4) is 0 Å². The lowest BCUT2D eigenvalue weighted by atomic mass is 10.3. The number of benzene rings is 1. The van der Waals surface area contributed by atoms with E-state index in [1.165, 1.54) is 18.3 Å². The fourth-order valence-electron chi connectivity index (χ4n) is 1.79. The van der Waals surface area contributed by atoms with Crippen LogP contribution < -0.4 is 10.1 Å². The number of nitrogens with one attached hydrogen (secondary N) is 1. The van der Waals surface area contributed by atoms with Gasteiger partial charge >= 0.3 is 0 Å². The summed E-state index contributed by atoms with van der Waals surface area (Å²) < 4.78 is 5.65. The second-order valence-corrected chi connectivity index (χ2v) is 6.16. The molecule has 118 valence electrons. The van der Waals surface area contributed by atoms with Gasteiger partial charge in [0.1, 0.15) is 12.4 Å². The average molecular weight is 340 g/mol. The molecule has 0 fully saturated rings. The number of hydrogen-bond acceptors (Lipinski definition) is 5. The molecule has 5 nitrogen and oxygen atoms in total. The van der Waals surface area contributed by atoms with Crippen molar-refractivity contribution in [1.29, 1.82) is 0 Å². The topological polar surface area (TPSA) is 54.5 Å². The fourth-order valence-corrected chi connectivity index (χ4v) is 2.67. The molecule has 0 aliphatic rings. The number of aromatic nitrogens is 1. The first-order chi connectivity index (χ1) is 10.5. The molecule has 1 heterocycles. The Labute approximate surface area is 138 Å². The quantitative estimate of drug-likeness (QED) is 0.841. The molecule has 0 saturated heterocycles. The number of carbonyl (C=O) groups is 1. The molecule has 0 unspecified atom stereocenters. The summed E-state index contributed by atoms with van der Waals surface area (Å²) in [6, 6.07) is 7.31. The third kappa shape index (κ3) is 5.63. The van der Waals surface area contributed by atoms with Crippen molar-refractivity contribution in [1.82, 2.24) is 9.88 Å². The molecule has 7 heteroatoms. The van der Waals surface area contributed by atoms with Crippen LogP contribution >= 0.6 is 22.9 Å². The van der Waals surface area contributed by atoms with E-state index in [9.17, 15) is 4.79 Å². The monoisotopic (exact) mass is 339 g/mol. The largest absolute Gasteiger partial charge is 0.492 e. The van der Waals surface area contributed by atoms with Crippen LogP contribution in [0.15, 0.2) is 29.6 Å². The van der Waals surface area contributed by atoms with Crippen molar-refractivity contribution in [2.24, 2.45) is 0 Å². The Balaban J connectivity index is 1.73. The van der Waals surface area contributed by atoms with Gasteiger partial charge < -0.3 is 10.1 Å². The molecule has 0 aliphatic heterocycles. The van der Waals surface area contributed by atoms with Gasteiger partial charge in [-0.1, -0.05) is 11.6 Å². The van der Waals surface area contributed by atoms with Gasteiger partial charge in [-0.25, -0.2) is 4.98 Å². The van der Waals surface area contributed by atoms with Crippen LogP contribution in [0, 0.1) is 0 Å². The number of anilines is 1. The van der Waals surface area contributed by atoms with Gasteiger partial charge in [-0.2, -0.15) is 0 Å². The van der Waals surface area contributed by atoms with E-state index in [-0.39, 0.29) is 5.91 Å². The van der Waals surface area contributed by atoms with Gasteiger partial charge in [-0.15, -0.1) is 11.3 Å². The summed E-state index contributed by atoms with van der Waals surface area (Å²) in [5.74, 6) is 0.699. The van der Waals surface area contributed by atoms with Crippen LogP contribution in [0.1, 0.15) is 12.6 Å². The number of hydrogen-bond donors (Lipinski definition) is 1. The van der Waals surface area contributed by atoms with E-state index in [2.05, 4.69) is 15.2 Å². The Hall–Kier alpha value is -1.63. The Morgan fingerprint density at radius 1 is 1.41 bits per heavy atom. The number of amides is 1. The van der Waals surface area contributed by atoms with E-state index in [4.69, 9.17) is 16.3 Å². The van der Waals surface area contributed by atoms with Crippen molar-refractivity contribution < 1.29 is 9.53 Å². The predicted molar refractivity (Wildman–Crippen MR) is 89.7 cm³/mol. The zero-order chi connectivity index (χ0) is 15.9. The minimum Gasteiger partial charge on any atom is -0.492 e. The second kappa shape index (κ2) is 8.12. The van der Waals surface area contributed by atoms with Crippen LogP contribution in [0.4, 0.5) is 5.13 Å². The lowest BCUT2D eigenvalue weighted by molar-refractivity contribution is -0.114. The van der Waals surface area contributed by atoms with Crippen molar-refractivity contribution in [3.8, 4) is 5.75 Å². The van der Waals surface area contributed by atoms with Gasteiger partial charge in [0.25, 0.3) is 0 Å². The summed E-state index contributed by atoms with van der Waals surface area (Å²) >= 11 is 7.25.